The third-order valence-electron chi connectivity index (χ3n) is 2.46. The van der Waals surface area contributed by atoms with Gasteiger partial charge in [0.2, 0.25) is 0 Å². The van der Waals surface area contributed by atoms with Crippen LogP contribution in [0.1, 0.15) is 0 Å². The van der Waals surface area contributed by atoms with E-state index in [4.69, 9.17) is 27.6 Å². The Morgan fingerprint density at radius 3 is 2.24 bits per heavy atom. The summed E-state index contributed by atoms with van der Waals surface area (Å²) in [5, 5.41) is 1.22. The molecule has 8 nitrogen and oxygen atoms in total. The van der Waals surface area contributed by atoms with E-state index in [9.17, 15) is 8.42 Å². The third kappa shape index (κ3) is 4.41. The number of anilines is 1. The minimum Gasteiger partial charge on any atom is -0.496 e. The zero-order chi connectivity index (χ0) is 16.2. The minimum absolute atomic E-state index is 0.215. The number of rotatable bonds is 2. The molecular weight excluding hydrogens is 322 g/mol. The first kappa shape index (κ1) is 16.9. The molecule has 0 saturated heterocycles. The largest absolute Gasteiger partial charge is 0.496 e. The van der Waals surface area contributed by atoms with Gasteiger partial charge in [-0.05, 0) is 17.5 Å². The second-order valence-electron chi connectivity index (χ2n) is 3.75. The monoisotopic (exact) mass is 333 g/mol. The summed E-state index contributed by atoms with van der Waals surface area (Å²) in [5.41, 5.74) is 6.29. The molecule has 2 aromatic rings. The maximum atomic E-state index is 11.1. The summed E-state index contributed by atoms with van der Waals surface area (Å²) in [7, 11) is -5.96. The molecule has 0 heterocycles. The number of ether oxygens (including phenoxy) is 1. The Bertz CT molecular complexity index is 866. The molecule has 0 aliphatic rings. The van der Waals surface area contributed by atoms with Gasteiger partial charge in [0.1, 0.15) is 5.75 Å². The highest BCUT2D eigenvalue weighted by Crippen LogP contribution is 2.33. The van der Waals surface area contributed by atoms with E-state index in [1.54, 1.807) is 18.2 Å². The molecule has 2 aromatic carbocycles. The van der Waals surface area contributed by atoms with Crippen LogP contribution in [0.25, 0.3) is 10.8 Å². The van der Waals surface area contributed by atoms with Crippen LogP contribution >= 0.6 is 0 Å². The highest BCUT2D eigenvalue weighted by molar-refractivity contribution is 7.85. The lowest BCUT2D eigenvalue weighted by atomic mass is 10.1. The average Bonchev–Trinajstić information content (AvgIpc) is 2.36. The van der Waals surface area contributed by atoms with Crippen LogP contribution in [-0.4, -0.2) is 32.7 Å². The molecule has 0 aliphatic heterocycles. The molecule has 0 saturated carbocycles. The quantitative estimate of drug-likeness (QED) is 0.603. The van der Waals surface area contributed by atoms with Gasteiger partial charge in [-0.15, -0.1) is 12.6 Å². The predicted molar refractivity (Wildman–Crippen MR) is 74.4 cm³/mol. The fourth-order valence-electron chi connectivity index (χ4n) is 1.70. The number of methoxy groups -OCH3 is 1. The van der Waals surface area contributed by atoms with E-state index in [0.29, 0.717) is 22.2 Å². The van der Waals surface area contributed by atoms with E-state index in [1.807, 2.05) is 0 Å². The van der Waals surface area contributed by atoms with Crippen LogP contribution < -0.4 is 10.5 Å². The van der Waals surface area contributed by atoms with Gasteiger partial charge in [-0.25, -0.2) is 0 Å². The van der Waals surface area contributed by atoms with Gasteiger partial charge in [0.15, 0.2) is 0 Å². The van der Waals surface area contributed by atoms with Gasteiger partial charge in [-0.3, -0.25) is 4.55 Å². The van der Waals surface area contributed by atoms with Crippen molar-refractivity contribution in [3.8, 4) is 5.75 Å². The first-order valence-electron chi connectivity index (χ1n) is 5.27. The fourth-order valence-corrected chi connectivity index (χ4v) is 2.23. The first-order chi connectivity index (χ1) is 9.66. The van der Waals surface area contributed by atoms with Crippen LogP contribution in [0.4, 0.5) is 5.69 Å². The molecule has 0 unspecified atom stereocenters. The minimum atomic E-state index is -4.26. The van der Waals surface area contributed by atoms with Gasteiger partial charge in [-0.2, -0.15) is 8.42 Å². The molecule has 0 aromatic heterocycles. The Hall–Kier alpha value is -2.17. The summed E-state index contributed by atoms with van der Waals surface area (Å²) < 4.78 is 61.6. The van der Waals surface area contributed by atoms with Crippen molar-refractivity contribution < 1.29 is 30.3 Å². The normalized spacial score (nSPS) is 10.6. The van der Waals surface area contributed by atoms with E-state index in [0.717, 1.165) is 0 Å². The van der Waals surface area contributed by atoms with E-state index in [1.165, 1.54) is 19.2 Å². The molecule has 0 aliphatic carbocycles. The highest BCUT2D eigenvalue weighted by Gasteiger charge is 2.14. The smallest absolute Gasteiger partial charge is 0.425 e. The Morgan fingerprint density at radius 1 is 1.19 bits per heavy atom. The molecule has 21 heavy (non-hydrogen) atoms. The summed E-state index contributed by atoms with van der Waals surface area (Å²) in [4.78, 5) is -0.215. The molecule has 0 bridgehead atoms. The number of nitrogens with two attached hydrogens (primary N) is 1. The zero-order valence-corrected chi connectivity index (χ0v) is 12.3. The molecule has 114 valence electrons. The molecular formula is C11H11NO7S2. The topological polar surface area (TPSA) is 141 Å². The molecule has 0 atom stereocenters. The van der Waals surface area contributed by atoms with Crippen LogP contribution in [0, 0.1) is 0 Å². The van der Waals surface area contributed by atoms with Gasteiger partial charge in [0.25, 0.3) is 10.1 Å². The number of nitrogen functional groups attached to an aromatic ring is 1. The summed E-state index contributed by atoms with van der Waals surface area (Å²) >= 11 is 0. The van der Waals surface area contributed by atoms with Gasteiger partial charge in [0.05, 0.1) is 12.0 Å². The summed E-state index contributed by atoms with van der Waals surface area (Å²) in [6, 6.07) is 7.68. The fraction of sp³-hybridized carbons (Fsp3) is 0.0909. The van der Waals surface area contributed by atoms with Crippen LogP contribution in [0.15, 0.2) is 35.2 Å². The lowest BCUT2D eigenvalue weighted by molar-refractivity contribution is 0.418. The standard InChI is InChI=1S/C11H11NO4S.O3S/c1-16-10-6-8(17(13,14)15)5-7-3-2-4-9(12)11(7)10;1-4(2)3/h2-6H,12H2,1H3,(H,13,14,15);. The van der Waals surface area contributed by atoms with Crippen LogP contribution in [0.5, 0.6) is 5.75 Å². The van der Waals surface area contributed by atoms with Crippen LogP contribution in [0.2, 0.25) is 0 Å². The van der Waals surface area contributed by atoms with Crippen molar-refractivity contribution >= 4 is 37.2 Å². The molecule has 0 spiro atoms. The zero-order valence-electron chi connectivity index (χ0n) is 10.7. The highest BCUT2D eigenvalue weighted by atomic mass is 32.2. The van der Waals surface area contributed by atoms with Crippen molar-refractivity contribution in [2.75, 3.05) is 12.8 Å². The number of benzene rings is 2. The SMILES string of the molecule is COc1cc(S(=O)(=O)O)cc2cccc(N)c12.O=S(=O)=O. The Kier molecular flexibility index (Phi) is 5.24. The molecule has 3 N–H and O–H groups in total. The maximum Gasteiger partial charge on any atom is 0.425 e. The Balaban J connectivity index is 0.000000491. The predicted octanol–water partition coefficient (Wildman–Crippen LogP) is 0.673. The number of fused-ring (bicyclic) bond motifs is 1. The average molecular weight is 333 g/mol. The van der Waals surface area contributed by atoms with E-state index < -0.39 is 20.7 Å². The van der Waals surface area contributed by atoms with Crippen molar-refractivity contribution in [1.82, 2.24) is 0 Å². The third-order valence-corrected chi connectivity index (χ3v) is 3.30. The van der Waals surface area contributed by atoms with Gasteiger partial charge >= 0.3 is 10.6 Å². The van der Waals surface area contributed by atoms with Crippen molar-refractivity contribution in [2.45, 2.75) is 4.90 Å². The van der Waals surface area contributed by atoms with Gasteiger partial charge < -0.3 is 10.5 Å². The van der Waals surface area contributed by atoms with Crippen molar-refractivity contribution in [3.63, 3.8) is 0 Å². The lowest BCUT2D eigenvalue weighted by Crippen LogP contribution is -2.00. The van der Waals surface area contributed by atoms with Crippen molar-refractivity contribution in [1.29, 1.82) is 0 Å². The van der Waals surface area contributed by atoms with E-state index >= 15 is 0 Å². The van der Waals surface area contributed by atoms with Crippen LogP contribution in [0.3, 0.4) is 0 Å². The second kappa shape index (κ2) is 6.52. The summed E-state index contributed by atoms with van der Waals surface area (Å²) in [5.74, 6) is 0.313. The van der Waals surface area contributed by atoms with Crippen molar-refractivity contribution in [3.05, 3.63) is 30.3 Å². The number of hydrogen-bond acceptors (Lipinski definition) is 7. The Morgan fingerprint density at radius 2 is 1.76 bits per heavy atom. The summed E-state index contributed by atoms with van der Waals surface area (Å²) in [6.07, 6.45) is 0. The first-order valence-corrected chi connectivity index (χ1v) is 7.71. The summed E-state index contributed by atoms with van der Waals surface area (Å²) in [6.45, 7) is 0. The van der Waals surface area contributed by atoms with E-state index in [2.05, 4.69) is 0 Å². The van der Waals surface area contributed by atoms with Crippen molar-refractivity contribution in [2.24, 2.45) is 0 Å². The molecule has 2 rings (SSSR count). The molecule has 0 amide bonds. The Labute approximate surface area is 122 Å². The molecule has 0 fully saturated rings. The van der Waals surface area contributed by atoms with E-state index in [-0.39, 0.29) is 4.90 Å². The molecule has 0 radical (unpaired) electrons. The molecule has 10 heteroatoms. The second-order valence-corrected chi connectivity index (χ2v) is 5.58. The van der Waals surface area contributed by atoms with Gasteiger partial charge in [0, 0.05) is 17.1 Å². The number of hydrogen-bond donors (Lipinski definition) is 2. The lowest BCUT2D eigenvalue weighted by Gasteiger charge is -2.09. The van der Waals surface area contributed by atoms with Gasteiger partial charge in [-0.1, -0.05) is 12.1 Å². The van der Waals surface area contributed by atoms with Crippen LogP contribution in [-0.2, 0) is 20.7 Å². The maximum absolute atomic E-state index is 11.1.